The van der Waals surface area contributed by atoms with Crippen LogP contribution in [0.4, 0.5) is 5.82 Å². The summed E-state index contributed by atoms with van der Waals surface area (Å²) >= 11 is 0. The third-order valence-corrected chi connectivity index (χ3v) is 2.88. The Morgan fingerprint density at radius 3 is 2.92 bits per heavy atom. The fourth-order valence-electron chi connectivity index (χ4n) is 1.87. The van der Waals surface area contributed by atoms with Gasteiger partial charge in [-0.05, 0) is 18.6 Å². The summed E-state index contributed by atoms with van der Waals surface area (Å²) in [6.45, 7) is 3.95. The highest BCUT2D eigenvalue weighted by atomic mass is 16.5. The Morgan fingerprint density at radius 2 is 2.46 bits per heavy atom. The molecule has 2 saturated heterocycles. The quantitative estimate of drug-likeness (QED) is 0.637. The standard InChI is InChI=1S/C10H12N2O/c1-7-2-3-10(11-4-7)12-5-9-8(12)6-13-9/h2-4,8-9H,5-6H2,1H3/t8-,9?/m1/s1. The summed E-state index contributed by atoms with van der Waals surface area (Å²) in [5.41, 5.74) is 1.21. The molecule has 2 aliphatic heterocycles. The maximum Gasteiger partial charge on any atom is 0.128 e. The van der Waals surface area contributed by atoms with Crippen molar-refractivity contribution in [3.8, 4) is 0 Å². The lowest BCUT2D eigenvalue weighted by Gasteiger charge is -2.55. The Labute approximate surface area is 77.3 Å². The zero-order valence-electron chi connectivity index (χ0n) is 7.60. The zero-order valence-corrected chi connectivity index (χ0v) is 7.60. The minimum atomic E-state index is 0.489. The molecule has 3 heteroatoms. The van der Waals surface area contributed by atoms with Gasteiger partial charge in [0.25, 0.3) is 0 Å². The molecule has 3 rings (SSSR count). The molecule has 13 heavy (non-hydrogen) atoms. The van der Waals surface area contributed by atoms with Gasteiger partial charge in [0.1, 0.15) is 5.82 Å². The number of hydrogen-bond acceptors (Lipinski definition) is 3. The lowest BCUT2D eigenvalue weighted by molar-refractivity contribution is -0.113. The topological polar surface area (TPSA) is 25.4 Å². The van der Waals surface area contributed by atoms with Gasteiger partial charge in [-0.25, -0.2) is 4.98 Å². The molecule has 0 N–H and O–H groups in total. The zero-order chi connectivity index (χ0) is 8.84. The van der Waals surface area contributed by atoms with Gasteiger partial charge in [-0.2, -0.15) is 0 Å². The van der Waals surface area contributed by atoms with Crippen LogP contribution in [0.15, 0.2) is 18.3 Å². The third-order valence-electron chi connectivity index (χ3n) is 2.88. The molecule has 68 valence electrons. The largest absolute Gasteiger partial charge is 0.372 e. The molecular formula is C10H12N2O. The Kier molecular flexibility index (Phi) is 1.38. The minimum Gasteiger partial charge on any atom is -0.372 e. The lowest BCUT2D eigenvalue weighted by atomic mass is 9.95. The Balaban J connectivity index is 1.81. The fourth-order valence-corrected chi connectivity index (χ4v) is 1.87. The first-order chi connectivity index (χ1) is 6.34. The summed E-state index contributed by atoms with van der Waals surface area (Å²) < 4.78 is 5.34. The number of fused-ring (bicyclic) bond motifs is 1. The van der Waals surface area contributed by atoms with Crippen LogP contribution >= 0.6 is 0 Å². The van der Waals surface area contributed by atoms with E-state index < -0.39 is 0 Å². The van der Waals surface area contributed by atoms with Gasteiger partial charge in [0.2, 0.25) is 0 Å². The molecular weight excluding hydrogens is 164 g/mol. The van der Waals surface area contributed by atoms with Gasteiger partial charge in [-0.1, -0.05) is 6.07 Å². The number of ether oxygens (including phenoxy) is 1. The van der Waals surface area contributed by atoms with E-state index in [0.29, 0.717) is 12.1 Å². The molecule has 0 aromatic carbocycles. The highest BCUT2D eigenvalue weighted by Crippen LogP contribution is 2.33. The highest BCUT2D eigenvalue weighted by molar-refractivity contribution is 5.46. The van der Waals surface area contributed by atoms with E-state index in [1.54, 1.807) is 0 Å². The van der Waals surface area contributed by atoms with Gasteiger partial charge in [-0.3, -0.25) is 0 Å². The molecule has 2 fully saturated rings. The van der Waals surface area contributed by atoms with Crippen LogP contribution in [0, 0.1) is 6.92 Å². The number of hydrogen-bond donors (Lipinski definition) is 0. The summed E-state index contributed by atoms with van der Waals surface area (Å²) in [5, 5.41) is 0. The van der Waals surface area contributed by atoms with E-state index in [1.165, 1.54) is 5.56 Å². The maximum atomic E-state index is 5.34. The Hall–Kier alpha value is -1.09. The van der Waals surface area contributed by atoms with Crippen molar-refractivity contribution in [3.63, 3.8) is 0 Å². The van der Waals surface area contributed by atoms with Crippen molar-refractivity contribution in [2.75, 3.05) is 18.1 Å². The Morgan fingerprint density at radius 1 is 1.54 bits per heavy atom. The van der Waals surface area contributed by atoms with Crippen LogP contribution in [-0.4, -0.2) is 30.3 Å². The second-order valence-electron chi connectivity index (χ2n) is 3.79. The van der Waals surface area contributed by atoms with Crippen molar-refractivity contribution >= 4 is 5.82 Å². The average Bonchev–Trinajstić information content (AvgIpc) is 2.12. The molecule has 0 amide bonds. The number of aromatic nitrogens is 1. The molecule has 0 aliphatic carbocycles. The minimum absolute atomic E-state index is 0.489. The van der Waals surface area contributed by atoms with E-state index in [9.17, 15) is 0 Å². The lowest BCUT2D eigenvalue weighted by Crippen LogP contribution is -2.71. The van der Waals surface area contributed by atoms with E-state index in [2.05, 4.69) is 28.9 Å². The summed E-state index contributed by atoms with van der Waals surface area (Å²) in [4.78, 5) is 6.70. The van der Waals surface area contributed by atoms with Gasteiger partial charge in [0.15, 0.2) is 0 Å². The number of aryl methyl sites for hydroxylation is 1. The number of rotatable bonds is 1. The fraction of sp³-hybridized carbons (Fsp3) is 0.500. The number of pyridine rings is 1. The van der Waals surface area contributed by atoms with Crippen molar-refractivity contribution in [2.24, 2.45) is 0 Å². The van der Waals surface area contributed by atoms with Crippen molar-refractivity contribution in [1.82, 2.24) is 4.98 Å². The molecule has 0 spiro atoms. The van der Waals surface area contributed by atoms with Gasteiger partial charge in [-0.15, -0.1) is 0 Å². The molecule has 0 radical (unpaired) electrons. The summed E-state index contributed by atoms with van der Waals surface area (Å²) in [7, 11) is 0. The van der Waals surface area contributed by atoms with Gasteiger partial charge < -0.3 is 9.64 Å². The molecule has 2 atom stereocenters. The number of anilines is 1. The van der Waals surface area contributed by atoms with E-state index >= 15 is 0 Å². The Bertz CT molecular complexity index is 322. The van der Waals surface area contributed by atoms with Gasteiger partial charge in [0.05, 0.1) is 18.8 Å². The number of morpholine rings is 1. The molecule has 0 saturated carbocycles. The normalized spacial score (nSPS) is 30.4. The van der Waals surface area contributed by atoms with Crippen LogP contribution in [0.25, 0.3) is 0 Å². The predicted molar refractivity (Wildman–Crippen MR) is 49.8 cm³/mol. The first-order valence-electron chi connectivity index (χ1n) is 4.65. The first-order valence-corrected chi connectivity index (χ1v) is 4.65. The van der Waals surface area contributed by atoms with Crippen LogP contribution in [-0.2, 0) is 4.74 Å². The van der Waals surface area contributed by atoms with Crippen molar-refractivity contribution in [3.05, 3.63) is 23.9 Å². The monoisotopic (exact) mass is 176 g/mol. The third kappa shape index (κ3) is 0.968. The first kappa shape index (κ1) is 7.33. The summed E-state index contributed by atoms with van der Waals surface area (Å²) in [6.07, 6.45) is 2.41. The van der Waals surface area contributed by atoms with Crippen molar-refractivity contribution in [1.29, 1.82) is 0 Å². The molecule has 0 bridgehead atoms. The maximum absolute atomic E-state index is 5.34. The molecule has 2 aliphatic rings. The second kappa shape index (κ2) is 2.45. The average molecular weight is 176 g/mol. The highest BCUT2D eigenvalue weighted by Gasteiger charge is 2.47. The van der Waals surface area contributed by atoms with Crippen LogP contribution in [0.2, 0.25) is 0 Å². The van der Waals surface area contributed by atoms with Gasteiger partial charge in [0, 0.05) is 12.7 Å². The summed E-state index contributed by atoms with van der Waals surface area (Å²) in [6, 6.07) is 4.80. The van der Waals surface area contributed by atoms with Crippen molar-refractivity contribution in [2.45, 2.75) is 19.1 Å². The van der Waals surface area contributed by atoms with Crippen molar-refractivity contribution < 1.29 is 4.74 Å². The molecule has 1 unspecified atom stereocenters. The van der Waals surface area contributed by atoms with E-state index in [-0.39, 0.29) is 0 Å². The van der Waals surface area contributed by atoms with E-state index in [0.717, 1.165) is 19.0 Å². The smallest absolute Gasteiger partial charge is 0.128 e. The van der Waals surface area contributed by atoms with Crippen LogP contribution in [0.1, 0.15) is 5.56 Å². The van der Waals surface area contributed by atoms with Crippen LogP contribution in [0.3, 0.4) is 0 Å². The van der Waals surface area contributed by atoms with E-state index in [1.807, 2.05) is 6.20 Å². The SMILES string of the molecule is Cc1ccc(N2CC3OC[C@H]32)nc1. The van der Waals surface area contributed by atoms with Crippen LogP contribution < -0.4 is 4.90 Å². The van der Waals surface area contributed by atoms with Gasteiger partial charge >= 0.3 is 0 Å². The second-order valence-corrected chi connectivity index (χ2v) is 3.79. The molecule has 1 aromatic rings. The molecule has 1 aromatic heterocycles. The summed E-state index contributed by atoms with van der Waals surface area (Å²) in [5.74, 6) is 1.09. The molecule has 3 heterocycles. The van der Waals surface area contributed by atoms with Crippen LogP contribution in [0.5, 0.6) is 0 Å². The molecule has 3 nitrogen and oxygen atoms in total. The van der Waals surface area contributed by atoms with E-state index in [4.69, 9.17) is 4.74 Å². The predicted octanol–water partition coefficient (Wildman–Crippen LogP) is 0.977. The number of nitrogens with zero attached hydrogens (tertiary/aromatic N) is 2.